The molecule has 1 heterocycles. The molecule has 1 aromatic heterocycles. The lowest BCUT2D eigenvalue weighted by molar-refractivity contribution is 0.532. The lowest BCUT2D eigenvalue weighted by atomic mass is 10.3. The second-order valence-corrected chi connectivity index (χ2v) is 5.32. The Balaban J connectivity index is 2.02. The van der Waals surface area contributed by atoms with Gasteiger partial charge in [-0.2, -0.15) is 5.10 Å². The van der Waals surface area contributed by atoms with Gasteiger partial charge in [-0.3, -0.25) is 4.68 Å². The van der Waals surface area contributed by atoms with Crippen molar-refractivity contribution < 1.29 is 4.39 Å². The van der Waals surface area contributed by atoms with E-state index in [0.29, 0.717) is 18.3 Å². The van der Waals surface area contributed by atoms with Crippen molar-refractivity contribution in [2.75, 3.05) is 5.32 Å². The molecule has 1 N–H and O–H groups in total. The molecule has 0 amide bonds. The Bertz CT molecular complexity index is 537. The van der Waals surface area contributed by atoms with Gasteiger partial charge in [0.2, 0.25) is 0 Å². The standard InChI is InChI=1S/C13H15BrFN3/c1-9(2)18-8-10(7-17-18)6-16-13-4-3-11(14)5-12(13)15/h3-5,7-9,16H,6H2,1-2H3. The van der Waals surface area contributed by atoms with E-state index in [4.69, 9.17) is 0 Å². The van der Waals surface area contributed by atoms with Crippen LogP contribution in [0.4, 0.5) is 10.1 Å². The van der Waals surface area contributed by atoms with Gasteiger partial charge < -0.3 is 5.32 Å². The summed E-state index contributed by atoms with van der Waals surface area (Å²) in [7, 11) is 0. The summed E-state index contributed by atoms with van der Waals surface area (Å²) in [6, 6.07) is 5.30. The summed E-state index contributed by atoms with van der Waals surface area (Å²) in [5, 5.41) is 7.30. The molecule has 0 spiro atoms. The molecule has 18 heavy (non-hydrogen) atoms. The third-order valence-electron chi connectivity index (χ3n) is 2.60. The van der Waals surface area contributed by atoms with Crippen LogP contribution in [-0.4, -0.2) is 9.78 Å². The van der Waals surface area contributed by atoms with Gasteiger partial charge in [0.15, 0.2) is 0 Å². The van der Waals surface area contributed by atoms with Gasteiger partial charge in [0.25, 0.3) is 0 Å². The Morgan fingerprint density at radius 1 is 1.44 bits per heavy atom. The van der Waals surface area contributed by atoms with Crippen molar-refractivity contribution in [3.8, 4) is 0 Å². The highest BCUT2D eigenvalue weighted by Gasteiger charge is 2.04. The summed E-state index contributed by atoms with van der Waals surface area (Å²) in [6.45, 7) is 4.70. The van der Waals surface area contributed by atoms with E-state index in [2.05, 4.69) is 40.2 Å². The fourth-order valence-electron chi connectivity index (χ4n) is 1.58. The van der Waals surface area contributed by atoms with E-state index in [1.54, 1.807) is 12.3 Å². The molecule has 0 saturated heterocycles. The van der Waals surface area contributed by atoms with Gasteiger partial charge in [-0.05, 0) is 32.0 Å². The van der Waals surface area contributed by atoms with Gasteiger partial charge in [0, 0.05) is 28.8 Å². The van der Waals surface area contributed by atoms with E-state index in [-0.39, 0.29) is 5.82 Å². The van der Waals surface area contributed by atoms with Crippen LogP contribution in [0.3, 0.4) is 0 Å². The third-order valence-corrected chi connectivity index (χ3v) is 3.09. The lowest BCUT2D eigenvalue weighted by Gasteiger charge is -2.06. The van der Waals surface area contributed by atoms with E-state index < -0.39 is 0 Å². The summed E-state index contributed by atoms with van der Waals surface area (Å²) >= 11 is 3.23. The highest BCUT2D eigenvalue weighted by atomic mass is 79.9. The highest BCUT2D eigenvalue weighted by Crippen LogP contribution is 2.20. The molecule has 5 heteroatoms. The average molecular weight is 312 g/mol. The first kappa shape index (κ1) is 13.1. The number of hydrogen-bond donors (Lipinski definition) is 1. The number of halogens is 2. The normalized spacial score (nSPS) is 10.9. The van der Waals surface area contributed by atoms with Gasteiger partial charge in [-0.15, -0.1) is 0 Å². The van der Waals surface area contributed by atoms with E-state index in [1.807, 2.05) is 16.9 Å². The quantitative estimate of drug-likeness (QED) is 0.925. The first-order chi connectivity index (χ1) is 8.56. The highest BCUT2D eigenvalue weighted by molar-refractivity contribution is 9.10. The van der Waals surface area contributed by atoms with Gasteiger partial charge in [0.05, 0.1) is 11.9 Å². The Morgan fingerprint density at radius 2 is 2.22 bits per heavy atom. The van der Waals surface area contributed by atoms with E-state index in [0.717, 1.165) is 10.0 Å². The maximum Gasteiger partial charge on any atom is 0.147 e. The van der Waals surface area contributed by atoms with E-state index in [9.17, 15) is 4.39 Å². The smallest absolute Gasteiger partial charge is 0.147 e. The van der Waals surface area contributed by atoms with Crippen LogP contribution in [0.15, 0.2) is 35.1 Å². The monoisotopic (exact) mass is 311 g/mol. The van der Waals surface area contributed by atoms with Crippen LogP contribution in [0, 0.1) is 5.82 Å². The van der Waals surface area contributed by atoms with Gasteiger partial charge in [0.1, 0.15) is 5.82 Å². The van der Waals surface area contributed by atoms with E-state index in [1.165, 1.54) is 6.07 Å². The molecule has 0 bridgehead atoms. The SMILES string of the molecule is CC(C)n1cc(CNc2ccc(Br)cc2F)cn1. The minimum Gasteiger partial charge on any atom is -0.378 e. The van der Waals surface area contributed by atoms with Crippen LogP contribution in [0.2, 0.25) is 0 Å². The molecule has 2 rings (SSSR count). The predicted molar refractivity (Wildman–Crippen MR) is 74.0 cm³/mol. The van der Waals surface area contributed by atoms with Gasteiger partial charge >= 0.3 is 0 Å². The summed E-state index contributed by atoms with van der Waals surface area (Å²) in [6.07, 6.45) is 3.76. The van der Waals surface area contributed by atoms with Crippen LogP contribution < -0.4 is 5.32 Å². The Labute approximate surface area is 114 Å². The fourth-order valence-corrected chi connectivity index (χ4v) is 1.91. The number of nitrogens with zero attached hydrogens (tertiary/aromatic N) is 2. The van der Waals surface area contributed by atoms with Crippen molar-refractivity contribution in [3.05, 3.63) is 46.4 Å². The second-order valence-electron chi connectivity index (χ2n) is 4.40. The Kier molecular flexibility index (Phi) is 4.01. The molecule has 0 unspecified atom stereocenters. The largest absolute Gasteiger partial charge is 0.378 e. The molecule has 96 valence electrons. The molecule has 1 aromatic carbocycles. The van der Waals surface area contributed by atoms with Crippen molar-refractivity contribution >= 4 is 21.6 Å². The molecule has 3 nitrogen and oxygen atoms in total. The topological polar surface area (TPSA) is 29.9 Å². The summed E-state index contributed by atoms with van der Waals surface area (Å²) < 4.78 is 16.2. The van der Waals surface area contributed by atoms with Crippen molar-refractivity contribution in [3.63, 3.8) is 0 Å². The van der Waals surface area contributed by atoms with Crippen LogP contribution in [0.1, 0.15) is 25.5 Å². The van der Waals surface area contributed by atoms with Crippen molar-refractivity contribution in [2.45, 2.75) is 26.4 Å². The average Bonchev–Trinajstić information content (AvgIpc) is 2.76. The minimum absolute atomic E-state index is 0.263. The molecule has 0 atom stereocenters. The third kappa shape index (κ3) is 3.10. The van der Waals surface area contributed by atoms with Crippen molar-refractivity contribution in [1.82, 2.24) is 9.78 Å². The van der Waals surface area contributed by atoms with Crippen molar-refractivity contribution in [2.24, 2.45) is 0 Å². The summed E-state index contributed by atoms with van der Waals surface area (Å²) in [4.78, 5) is 0. The maximum atomic E-state index is 13.6. The number of rotatable bonds is 4. The first-order valence-corrected chi connectivity index (χ1v) is 6.57. The zero-order valence-electron chi connectivity index (χ0n) is 10.3. The van der Waals surface area contributed by atoms with Crippen LogP contribution in [-0.2, 0) is 6.54 Å². The number of hydrogen-bond acceptors (Lipinski definition) is 2. The number of benzene rings is 1. The van der Waals surface area contributed by atoms with Gasteiger partial charge in [-0.1, -0.05) is 15.9 Å². The zero-order chi connectivity index (χ0) is 13.1. The molecule has 0 saturated carbocycles. The van der Waals surface area contributed by atoms with E-state index >= 15 is 0 Å². The molecule has 2 aromatic rings. The van der Waals surface area contributed by atoms with Gasteiger partial charge in [-0.25, -0.2) is 4.39 Å². The minimum atomic E-state index is -0.263. The molecular weight excluding hydrogens is 297 g/mol. The molecule has 0 radical (unpaired) electrons. The van der Waals surface area contributed by atoms with Crippen molar-refractivity contribution in [1.29, 1.82) is 0 Å². The fraction of sp³-hybridized carbons (Fsp3) is 0.308. The summed E-state index contributed by atoms with van der Waals surface area (Å²) in [5.74, 6) is -0.263. The molecule has 0 aliphatic heterocycles. The maximum absolute atomic E-state index is 13.6. The van der Waals surface area contributed by atoms with Crippen LogP contribution in [0.25, 0.3) is 0 Å². The first-order valence-electron chi connectivity index (χ1n) is 5.78. The Morgan fingerprint density at radius 3 is 2.83 bits per heavy atom. The number of aromatic nitrogens is 2. The number of nitrogens with one attached hydrogen (secondary N) is 1. The van der Waals surface area contributed by atoms with Crippen LogP contribution >= 0.6 is 15.9 Å². The molecule has 0 fully saturated rings. The molecule has 0 aliphatic rings. The zero-order valence-corrected chi connectivity index (χ0v) is 11.9. The van der Waals surface area contributed by atoms with Crippen LogP contribution in [0.5, 0.6) is 0 Å². The Hall–Kier alpha value is -1.36. The predicted octanol–water partition coefficient (Wildman–Crippen LogP) is 3.98. The molecular formula is C13H15BrFN3. The summed E-state index contributed by atoms with van der Waals surface area (Å²) in [5.41, 5.74) is 1.53. The molecule has 0 aliphatic carbocycles. The lowest BCUT2D eigenvalue weighted by Crippen LogP contribution is -2.02. The second kappa shape index (κ2) is 5.52. The number of anilines is 1.